The lowest BCUT2D eigenvalue weighted by atomic mass is 10.1. The van der Waals surface area contributed by atoms with E-state index in [4.69, 9.17) is 4.74 Å². The van der Waals surface area contributed by atoms with Gasteiger partial charge in [-0.15, -0.1) is 0 Å². The number of carbonyl (C=O) groups is 2. The molecule has 1 N–H and O–H groups in total. The lowest BCUT2D eigenvalue weighted by Crippen LogP contribution is -2.23. The second kappa shape index (κ2) is 7.88. The number of esters is 1. The quantitative estimate of drug-likeness (QED) is 0.623. The number of Topliss-reactive ketones (excluding diaryl/α,β-unsaturated/α-hetero) is 1. The van der Waals surface area contributed by atoms with Crippen LogP contribution in [0.5, 0.6) is 0 Å². The van der Waals surface area contributed by atoms with Gasteiger partial charge in [-0.05, 0) is 38.0 Å². The van der Waals surface area contributed by atoms with Crippen molar-refractivity contribution in [3.8, 4) is 0 Å². The Morgan fingerprint density at radius 2 is 2.08 bits per heavy atom. The molecule has 0 aliphatic rings. The molecule has 0 radical (unpaired) electrons. The van der Waals surface area contributed by atoms with Crippen molar-refractivity contribution < 1.29 is 14.3 Å². The molecule has 0 amide bonds. The van der Waals surface area contributed by atoms with Crippen molar-refractivity contribution in [1.29, 1.82) is 0 Å². The third kappa shape index (κ3) is 3.71. The molecule has 2 rings (SSSR count). The van der Waals surface area contributed by atoms with Gasteiger partial charge < -0.3 is 14.6 Å². The molecule has 0 saturated carbocycles. The van der Waals surface area contributed by atoms with Crippen LogP contribution in [-0.4, -0.2) is 34.5 Å². The minimum absolute atomic E-state index is 0.0416. The molecule has 0 aromatic carbocycles. The van der Waals surface area contributed by atoms with Gasteiger partial charge in [-0.1, -0.05) is 6.07 Å². The van der Waals surface area contributed by atoms with Gasteiger partial charge >= 0.3 is 5.97 Å². The smallest absolute Gasteiger partial charge is 0.355 e. The Bertz CT molecular complexity index is 736. The second-order valence-electron chi connectivity index (χ2n) is 5.60. The van der Waals surface area contributed by atoms with Crippen LogP contribution in [0, 0.1) is 13.8 Å². The second-order valence-corrected chi connectivity index (χ2v) is 5.60. The Labute approximate surface area is 141 Å². The average Bonchev–Trinajstić information content (AvgIpc) is 2.78. The fraction of sp³-hybridized carbons (Fsp3) is 0.389. The highest BCUT2D eigenvalue weighted by Crippen LogP contribution is 2.22. The van der Waals surface area contributed by atoms with E-state index >= 15 is 0 Å². The van der Waals surface area contributed by atoms with E-state index in [0.717, 1.165) is 11.3 Å². The molecule has 2 aromatic rings. The summed E-state index contributed by atoms with van der Waals surface area (Å²) < 4.78 is 6.81. The minimum atomic E-state index is -0.400. The Morgan fingerprint density at radius 3 is 2.71 bits per heavy atom. The number of ether oxygens (including phenoxy) is 1. The van der Waals surface area contributed by atoms with Gasteiger partial charge in [0.25, 0.3) is 0 Å². The van der Waals surface area contributed by atoms with Gasteiger partial charge in [0, 0.05) is 37.2 Å². The summed E-state index contributed by atoms with van der Waals surface area (Å²) in [5.41, 5.74) is 3.47. The van der Waals surface area contributed by atoms with Gasteiger partial charge in [-0.2, -0.15) is 0 Å². The number of hydrogen-bond acceptors (Lipinski definition) is 5. The molecular weight excluding hydrogens is 306 g/mol. The number of carbonyl (C=O) groups excluding carboxylic acids is 2. The van der Waals surface area contributed by atoms with E-state index in [1.54, 1.807) is 37.9 Å². The Hall–Kier alpha value is -2.47. The zero-order chi connectivity index (χ0) is 17.7. The van der Waals surface area contributed by atoms with Gasteiger partial charge in [0.15, 0.2) is 5.78 Å². The van der Waals surface area contributed by atoms with Gasteiger partial charge in [-0.25, -0.2) is 4.79 Å². The predicted molar refractivity (Wildman–Crippen MR) is 91.1 cm³/mol. The van der Waals surface area contributed by atoms with E-state index in [9.17, 15) is 9.59 Å². The van der Waals surface area contributed by atoms with Crippen LogP contribution in [0.1, 0.15) is 44.6 Å². The van der Waals surface area contributed by atoms with Crippen molar-refractivity contribution in [1.82, 2.24) is 14.9 Å². The van der Waals surface area contributed by atoms with Crippen LogP contribution in [-0.2, 0) is 18.3 Å². The third-order valence-electron chi connectivity index (χ3n) is 4.02. The highest BCUT2D eigenvalue weighted by molar-refractivity contribution is 6.03. The summed E-state index contributed by atoms with van der Waals surface area (Å²) in [6, 6.07) is 3.80. The highest BCUT2D eigenvalue weighted by Gasteiger charge is 2.25. The first-order valence-electron chi connectivity index (χ1n) is 7.93. The van der Waals surface area contributed by atoms with Gasteiger partial charge in [-0.3, -0.25) is 9.78 Å². The minimum Gasteiger partial charge on any atom is -0.461 e. The lowest BCUT2D eigenvalue weighted by Gasteiger charge is -2.05. The van der Waals surface area contributed by atoms with Crippen molar-refractivity contribution >= 4 is 11.8 Å². The van der Waals surface area contributed by atoms with Crippen molar-refractivity contribution in [2.24, 2.45) is 7.05 Å². The number of pyridine rings is 1. The molecule has 6 nitrogen and oxygen atoms in total. The van der Waals surface area contributed by atoms with Crippen molar-refractivity contribution in [2.75, 3.05) is 13.2 Å². The number of nitrogens with zero attached hydrogens (tertiary/aromatic N) is 2. The highest BCUT2D eigenvalue weighted by atomic mass is 16.5. The monoisotopic (exact) mass is 329 g/mol. The standard InChI is InChI=1S/C18H23N3O3/c1-5-24-18(23)17-12(2)16(13(3)21(17)4)15(22)11-20-10-14-7-6-8-19-9-14/h6-9,20H,5,10-11H2,1-4H3. The maximum atomic E-state index is 12.6. The van der Waals surface area contributed by atoms with Crippen LogP contribution in [0.15, 0.2) is 24.5 Å². The normalized spacial score (nSPS) is 10.7. The number of aromatic nitrogens is 2. The van der Waals surface area contributed by atoms with Crippen LogP contribution >= 0.6 is 0 Å². The van der Waals surface area contributed by atoms with E-state index in [1.165, 1.54) is 0 Å². The average molecular weight is 329 g/mol. The fourth-order valence-corrected chi connectivity index (χ4v) is 2.79. The molecule has 0 fully saturated rings. The van der Waals surface area contributed by atoms with E-state index in [2.05, 4.69) is 10.3 Å². The molecule has 0 unspecified atom stereocenters. The SMILES string of the molecule is CCOC(=O)c1c(C)c(C(=O)CNCc2cccnc2)c(C)n1C. The van der Waals surface area contributed by atoms with Crippen LogP contribution in [0.2, 0.25) is 0 Å². The van der Waals surface area contributed by atoms with E-state index in [1.807, 2.05) is 19.1 Å². The first-order chi connectivity index (χ1) is 11.5. The predicted octanol–water partition coefficient (Wildman–Crippen LogP) is 2.19. The van der Waals surface area contributed by atoms with E-state index in [0.29, 0.717) is 30.0 Å². The van der Waals surface area contributed by atoms with Crippen molar-refractivity contribution in [3.63, 3.8) is 0 Å². The van der Waals surface area contributed by atoms with Crippen LogP contribution in [0.3, 0.4) is 0 Å². The molecule has 0 spiro atoms. The van der Waals surface area contributed by atoms with E-state index < -0.39 is 5.97 Å². The van der Waals surface area contributed by atoms with E-state index in [-0.39, 0.29) is 12.3 Å². The summed E-state index contributed by atoms with van der Waals surface area (Å²) in [5, 5.41) is 3.12. The molecule has 2 heterocycles. The molecule has 2 aromatic heterocycles. The summed E-state index contributed by atoms with van der Waals surface area (Å²) >= 11 is 0. The van der Waals surface area contributed by atoms with Crippen molar-refractivity contribution in [3.05, 3.63) is 52.6 Å². The molecule has 0 aliphatic carbocycles. The number of nitrogens with one attached hydrogen (secondary N) is 1. The number of hydrogen-bond donors (Lipinski definition) is 1. The Morgan fingerprint density at radius 1 is 1.33 bits per heavy atom. The maximum Gasteiger partial charge on any atom is 0.355 e. The van der Waals surface area contributed by atoms with Gasteiger partial charge in [0.05, 0.1) is 13.2 Å². The molecule has 128 valence electrons. The Kier molecular flexibility index (Phi) is 5.87. The molecule has 0 saturated heterocycles. The Balaban J connectivity index is 2.12. The van der Waals surface area contributed by atoms with Crippen LogP contribution in [0.25, 0.3) is 0 Å². The lowest BCUT2D eigenvalue weighted by molar-refractivity contribution is 0.0514. The van der Waals surface area contributed by atoms with Gasteiger partial charge in [0.2, 0.25) is 0 Å². The number of rotatable bonds is 7. The summed E-state index contributed by atoms with van der Waals surface area (Å²) in [4.78, 5) is 28.7. The summed E-state index contributed by atoms with van der Waals surface area (Å²) in [5.74, 6) is -0.442. The molecule has 6 heteroatoms. The molecule has 0 atom stereocenters. The zero-order valence-electron chi connectivity index (χ0n) is 14.5. The van der Waals surface area contributed by atoms with Crippen molar-refractivity contribution in [2.45, 2.75) is 27.3 Å². The molecule has 24 heavy (non-hydrogen) atoms. The van der Waals surface area contributed by atoms with Crippen LogP contribution in [0.4, 0.5) is 0 Å². The first-order valence-corrected chi connectivity index (χ1v) is 7.93. The number of ketones is 1. The molecular formula is C18H23N3O3. The van der Waals surface area contributed by atoms with Gasteiger partial charge in [0.1, 0.15) is 5.69 Å². The molecule has 0 bridgehead atoms. The topological polar surface area (TPSA) is 73.2 Å². The largest absolute Gasteiger partial charge is 0.461 e. The summed E-state index contributed by atoms with van der Waals surface area (Å²) in [7, 11) is 1.77. The maximum absolute atomic E-state index is 12.6. The first kappa shape index (κ1) is 17.9. The summed E-state index contributed by atoms with van der Waals surface area (Å²) in [6.07, 6.45) is 3.47. The third-order valence-corrected chi connectivity index (χ3v) is 4.02. The van der Waals surface area contributed by atoms with Crippen LogP contribution < -0.4 is 5.32 Å². The zero-order valence-corrected chi connectivity index (χ0v) is 14.5. The summed E-state index contributed by atoms with van der Waals surface area (Å²) in [6.45, 7) is 6.45. The fourth-order valence-electron chi connectivity index (χ4n) is 2.79. The molecule has 0 aliphatic heterocycles.